The first-order chi connectivity index (χ1) is 11.3. The first-order valence-electron chi connectivity index (χ1n) is 7.90. The summed E-state index contributed by atoms with van der Waals surface area (Å²) < 4.78 is 23.1. The highest BCUT2D eigenvalue weighted by molar-refractivity contribution is 7.89. The molecule has 2 aliphatic carbocycles. The van der Waals surface area contributed by atoms with Crippen LogP contribution in [0.1, 0.15) is 23.2 Å². The Kier molecular flexibility index (Phi) is 3.72. The summed E-state index contributed by atoms with van der Waals surface area (Å²) in [5.41, 5.74) is 4.64. The number of benzene rings is 1. The van der Waals surface area contributed by atoms with Crippen LogP contribution in [0.4, 0.5) is 0 Å². The van der Waals surface area contributed by atoms with Crippen molar-refractivity contribution in [3.63, 3.8) is 0 Å². The summed E-state index contributed by atoms with van der Waals surface area (Å²) >= 11 is 5.85. The predicted molar refractivity (Wildman–Crippen MR) is 89.7 cm³/mol. The van der Waals surface area contributed by atoms with Crippen molar-refractivity contribution in [2.24, 2.45) is 22.9 Å². The molecule has 6 nitrogen and oxygen atoms in total. The van der Waals surface area contributed by atoms with Crippen LogP contribution >= 0.6 is 11.6 Å². The lowest BCUT2D eigenvalue weighted by Crippen LogP contribution is -2.41. The third-order valence-corrected chi connectivity index (χ3v) is 6.78. The number of nitrogens with two attached hydrogens (primary N) is 1. The van der Waals surface area contributed by atoms with E-state index in [1.54, 1.807) is 0 Å². The molecule has 4 rings (SSSR count). The smallest absolute Gasteiger partial charge is 0.265 e. The Labute approximate surface area is 145 Å². The third-order valence-electron chi connectivity index (χ3n) is 5.39. The molecule has 128 valence electrons. The van der Waals surface area contributed by atoms with E-state index in [2.05, 4.69) is 11.5 Å². The van der Waals surface area contributed by atoms with E-state index in [1.165, 1.54) is 30.2 Å². The highest BCUT2D eigenvalue weighted by atomic mass is 35.5. The largest absolute Gasteiger partial charge is 0.285 e. The third kappa shape index (κ3) is 2.65. The molecule has 1 aromatic rings. The van der Waals surface area contributed by atoms with Crippen LogP contribution in [0.15, 0.2) is 34.7 Å². The maximum Gasteiger partial charge on any atom is 0.265 e. The number of nitrogens with zero attached hydrogens (tertiary/aromatic N) is 1. The molecule has 3 unspecified atom stereocenters. The van der Waals surface area contributed by atoms with Gasteiger partial charge in [0.15, 0.2) is 0 Å². The number of hydrazine groups is 1. The lowest BCUT2D eigenvalue weighted by Gasteiger charge is -2.19. The average Bonchev–Trinajstić information content (AvgIpc) is 3.18. The molecule has 1 saturated heterocycles. The minimum atomic E-state index is -3.97. The van der Waals surface area contributed by atoms with Gasteiger partial charge in [0.25, 0.3) is 5.91 Å². The summed E-state index contributed by atoms with van der Waals surface area (Å²) in [7, 11) is -3.97. The summed E-state index contributed by atoms with van der Waals surface area (Å²) in [6, 6.07) is 4.09. The van der Waals surface area contributed by atoms with Crippen molar-refractivity contribution in [3.05, 3.63) is 40.4 Å². The zero-order chi connectivity index (χ0) is 17.1. The number of rotatable bonds is 3. The molecular weight excluding hydrogens is 350 g/mol. The fourth-order valence-electron chi connectivity index (χ4n) is 4.26. The van der Waals surface area contributed by atoms with Crippen molar-refractivity contribution >= 4 is 27.5 Å². The lowest BCUT2D eigenvalue weighted by atomic mass is 9.86. The maximum absolute atomic E-state index is 12.4. The van der Waals surface area contributed by atoms with Crippen LogP contribution in [0.2, 0.25) is 5.02 Å². The summed E-state index contributed by atoms with van der Waals surface area (Å²) in [6.45, 7) is 1.66. The SMILES string of the molecule is NS(=O)(=O)c1cc(C(=O)NN2CC3C4=CCC(C4)C3C2)ccc1Cl. The summed E-state index contributed by atoms with van der Waals surface area (Å²) in [5.74, 6) is 1.54. The number of hydrogen-bond acceptors (Lipinski definition) is 4. The summed E-state index contributed by atoms with van der Waals surface area (Å²) in [5, 5.41) is 7.08. The van der Waals surface area contributed by atoms with Crippen LogP contribution in [0, 0.1) is 17.8 Å². The second-order valence-corrected chi connectivity index (χ2v) is 8.72. The molecule has 1 aliphatic heterocycles. The molecule has 1 saturated carbocycles. The molecule has 3 atom stereocenters. The van der Waals surface area contributed by atoms with Gasteiger partial charge in [-0.1, -0.05) is 23.3 Å². The molecule has 0 radical (unpaired) electrons. The van der Waals surface area contributed by atoms with E-state index in [-0.39, 0.29) is 21.4 Å². The molecule has 3 aliphatic rings. The van der Waals surface area contributed by atoms with Crippen molar-refractivity contribution in [2.75, 3.05) is 13.1 Å². The minimum Gasteiger partial charge on any atom is -0.285 e. The zero-order valence-electron chi connectivity index (χ0n) is 12.9. The summed E-state index contributed by atoms with van der Waals surface area (Å²) in [4.78, 5) is 12.2. The summed E-state index contributed by atoms with van der Waals surface area (Å²) in [6.07, 6.45) is 4.72. The van der Waals surface area contributed by atoms with Crippen molar-refractivity contribution in [3.8, 4) is 0 Å². The topological polar surface area (TPSA) is 92.5 Å². The van der Waals surface area contributed by atoms with Gasteiger partial charge in [0.05, 0.1) is 5.02 Å². The van der Waals surface area contributed by atoms with E-state index >= 15 is 0 Å². The normalized spacial score (nSPS) is 28.8. The van der Waals surface area contributed by atoms with Gasteiger partial charge < -0.3 is 0 Å². The van der Waals surface area contributed by atoms with Crippen molar-refractivity contribution < 1.29 is 13.2 Å². The van der Waals surface area contributed by atoms with Gasteiger partial charge in [-0.3, -0.25) is 10.2 Å². The number of nitrogens with one attached hydrogen (secondary N) is 1. The molecule has 2 fully saturated rings. The number of hydrogen-bond donors (Lipinski definition) is 2. The van der Waals surface area contributed by atoms with Gasteiger partial charge in [0, 0.05) is 18.7 Å². The highest BCUT2D eigenvalue weighted by Gasteiger charge is 2.47. The van der Waals surface area contributed by atoms with Crippen molar-refractivity contribution in [1.82, 2.24) is 10.4 Å². The standard InChI is InChI=1S/C16H18ClN3O3S/c17-14-4-3-11(6-15(14)24(18,22)23)16(21)19-20-7-12-9-1-2-10(5-9)13(12)8-20/h1,3-4,6,10,12-13H,2,5,7-8H2,(H,19,21)(H2,18,22,23). The molecule has 8 heteroatoms. The van der Waals surface area contributed by atoms with Gasteiger partial charge in [-0.05, 0) is 48.8 Å². The molecule has 2 bridgehead atoms. The predicted octanol–water partition coefficient (Wildman–Crippen LogP) is 1.53. The number of allylic oxidation sites excluding steroid dienone is 1. The number of carbonyl (C=O) groups is 1. The van der Waals surface area contributed by atoms with Gasteiger partial charge in [0.2, 0.25) is 10.0 Å². The monoisotopic (exact) mass is 367 g/mol. The molecule has 3 N–H and O–H groups in total. The molecule has 1 amide bonds. The fraction of sp³-hybridized carbons (Fsp3) is 0.438. The Morgan fingerprint density at radius 2 is 2.12 bits per heavy atom. The Hall–Kier alpha value is -1.41. The molecule has 1 aromatic carbocycles. The van der Waals surface area contributed by atoms with Crippen molar-refractivity contribution in [2.45, 2.75) is 17.7 Å². The number of halogens is 1. The van der Waals surface area contributed by atoms with Crippen molar-refractivity contribution in [1.29, 1.82) is 0 Å². The van der Waals surface area contributed by atoms with E-state index in [4.69, 9.17) is 16.7 Å². The van der Waals surface area contributed by atoms with Crippen LogP contribution in [0.25, 0.3) is 0 Å². The van der Waals surface area contributed by atoms with E-state index in [1.807, 2.05) is 5.01 Å². The lowest BCUT2D eigenvalue weighted by molar-refractivity contribution is 0.0813. The number of amides is 1. The molecular formula is C16H18ClN3O3S. The Morgan fingerprint density at radius 3 is 2.83 bits per heavy atom. The second-order valence-electron chi connectivity index (χ2n) is 6.79. The first kappa shape index (κ1) is 16.1. The van der Waals surface area contributed by atoms with E-state index in [0.717, 1.165) is 25.4 Å². The molecule has 24 heavy (non-hydrogen) atoms. The quantitative estimate of drug-likeness (QED) is 0.792. The highest BCUT2D eigenvalue weighted by Crippen LogP contribution is 2.51. The van der Waals surface area contributed by atoms with E-state index in [0.29, 0.717) is 11.8 Å². The van der Waals surface area contributed by atoms with Gasteiger partial charge in [0.1, 0.15) is 4.90 Å². The molecule has 0 spiro atoms. The number of sulfonamides is 1. The van der Waals surface area contributed by atoms with E-state index in [9.17, 15) is 13.2 Å². The van der Waals surface area contributed by atoms with Crippen LogP contribution in [0.5, 0.6) is 0 Å². The van der Waals surface area contributed by atoms with Crippen LogP contribution in [-0.2, 0) is 10.0 Å². The Morgan fingerprint density at radius 1 is 1.33 bits per heavy atom. The first-order valence-corrected chi connectivity index (χ1v) is 9.82. The van der Waals surface area contributed by atoms with Crippen LogP contribution < -0.4 is 10.6 Å². The second kappa shape index (κ2) is 5.56. The maximum atomic E-state index is 12.4. The van der Waals surface area contributed by atoms with Crippen LogP contribution in [0.3, 0.4) is 0 Å². The number of primary sulfonamides is 1. The van der Waals surface area contributed by atoms with Gasteiger partial charge >= 0.3 is 0 Å². The van der Waals surface area contributed by atoms with E-state index < -0.39 is 10.0 Å². The van der Waals surface area contributed by atoms with Gasteiger partial charge in [-0.2, -0.15) is 0 Å². The molecule has 1 heterocycles. The minimum absolute atomic E-state index is 0.00765. The average molecular weight is 368 g/mol. The Balaban J connectivity index is 1.49. The van der Waals surface area contributed by atoms with Gasteiger partial charge in [-0.25, -0.2) is 18.6 Å². The number of carbonyl (C=O) groups excluding carboxylic acids is 1. The zero-order valence-corrected chi connectivity index (χ0v) is 14.5. The van der Waals surface area contributed by atoms with Crippen LogP contribution in [-0.4, -0.2) is 32.4 Å². The fourth-order valence-corrected chi connectivity index (χ4v) is 5.33. The number of fused-ring (bicyclic) bond motifs is 5. The molecule has 0 aromatic heterocycles. The van der Waals surface area contributed by atoms with Gasteiger partial charge in [-0.15, -0.1) is 0 Å². The Bertz CT molecular complexity index is 852.